The summed E-state index contributed by atoms with van der Waals surface area (Å²) in [5.74, 6) is -0.703. The number of fused-ring (bicyclic) bond motifs is 1. The zero-order chi connectivity index (χ0) is 25.0. The van der Waals surface area contributed by atoms with Crippen LogP contribution in [-0.4, -0.2) is 41.7 Å². The first-order chi connectivity index (χ1) is 16.8. The Bertz CT molecular complexity index is 1200. The molecule has 1 unspecified atom stereocenters. The highest BCUT2D eigenvalue weighted by atomic mass is 19.4. The monoisotopic (exact) mass is 485 g/mol. The molecule has 182 valence electrons. The predicted octanol–water partition coefficient (Wildman–Crippen LogP) is 4.04. The molecule has 1 aromatic heterocycles. The number of carbonyl (C=O) groups is 2. The number of alkyl halides is 3. The lowest BCUT2D eigenvalue weighted by Gasteiger charge is -2.24. The summed E-state index contributed by atoms with van der Waals surface area (Å²) >= 11 is 0. The summed E-state index contributed by atoms with van der Waals surface area (Å²) in [5.41, 5.74) is 2.22. The van der Waals surface area contributed by atoms with E-state index in [0.29, 0.717) is 28.9 Å². The molecule has 1 atom stereocenters. The molecule has 7 nitrogen and oxygen atoms in total. The van der Waals surface area contributed by atoms with E-state index in [0.717, 1.165) is 5.69 Å². The van der Waals surface area contributed by atoms with Gasteiger partial charge in [0.15, 0.2) is 0 Å². The minimum atomic E-state index is -4.78. The van der Waals surface area contributed by atoms with Gasteiger partial charge in [-0.15, -0.1) is 13.2 Å². The van der Waals surface area contributed by atoms with E-state index in [2.05, 4.69) is 15.0 Å². The van der Waals surface area contributed by atoms with Crippen LogP contribution in [0.25, 0.3) is 0 Å². The molecule has 10 heteroatoms. The number of pyridine rings is 1. The van der Waals surface area contributed by atoms with Crippen LogP contribution in [0.5, 0.6) is 11.5 Å². The van der Waals surface area contributed by atoms with Crippen molar-refractivity contribution < 1.29 is 32.2 Å². The maximum absolute atomic E-state index is 13.3. The first-order valence-electron chi connectivity index (χ1n) is 10.8. The molecule has 0 spiro atoms. The van der Waals surface area contributed by atoms with Crippen LogP contribution in [0.15, 0.2) is 66.9 Å². The van der Waals surface area contributed by atoms with Gasteiger partial charge in [-0.2, -0.15) is 0 Å². The Balaban J connectivity index is 1.51. The highest BCUT2D eigenvalue weighted by Crippen LogP contribution is 2.39. The molecule has 1 N–H and O–H groups in total. The van der Waals surface area contributed by atoms with Gasteiger partial charge >= 0.3 is 6.36 Å². The number of hydrogen-bond donors (Lipinski definition) is 1. The van der Waals surface area contributed by atoms with E-state index in [1.165, 1.54) is 36.3 Å². The van der Waals surface area contributed by atoms with E-state index < -0.39 is 18.3 Å². The molecule has 35 heavy (non-hydrogen) atoms. The van der Waals surface area contributed by atoms with Crippen molar-refractivity contribution in [3.63, 3.8) is 0 Å². The van der Waals surface area contributed by atoms with E-state index >= 15 is 0 Å². The number of hydrogen-bond acceptors (Lipinski definition) is 5. The SMILES string of the molecule is COc1cccc2c1C(=O)N(CCc1ccccn1)C2C(=O)NCc1ccc(OC(F)(F)F)cc1. The lowest BCUT2D eigenvalue weighted by atomic mass is 10.0. The number of methoxy groups -OCH3 is 1. The van der Waals surface area contributed by atoms with Crippen LogP contribution in [-0.2, 0) is 17.8 Å². The van der Waals surface area contributed by atoms with Gasteiger partial charge in [0, 0.05) is 37.0 Å². The van der Waals surface area contributed by atoms with E-state index in [4.69, 9.17) is 4.74 Å². The van der Waals surface area contributed by atoms with Gasteiger partial charge in [0.1, 0.15) is 17.5 Å². The number of aromatic nitrogens is 1. The van der Waals surface area contributed by atoms with Gasteiger partial charge in [0.25, 0.3) is 5.91 Å². The standard InChI is InChI=1S/C25H22F3N3O4/c1-34-20-7-4-6-19-21(20)24(33)31(14-12-17-5-2-3-13-29-17)22(19)23(32)30-15-16-8-10-18(11-9-16)35-25(26,27)28/h2-11,13,22H,12,14-15H2,1H3,(H,30,32). The molecular weight excluding hydrogens is 463 g/mol. The van der Waals surface area contributed by atoms with Gasteiger partial charge in [-0.1, -0.05) is 30.3 Å². The normalized spacial score (nSPS) is 15.0. The third kappa shape index (κ3) is 5.53. The van der Waals surface area contributed by atoms with Crippen molar-refractivity contribution in [2.45, 2.75) is 25.4 Å². The summed E-state index contributed by atoms with van der Waals surface area (Å²) in [5, 5.41) is 2.78. The molecule has 0 fully saturated rings. The molecule has 4 rings (SSSR count). The molecule has 3 aromatic rings. The van der Waals surface area contributed by atoms with Crippen LogP contribution in [0.1, 0.15) is 33.2 Å². The van der Waals surface area contributed by atoms with Gasteiger partial charge in [0.2, 0.25) is 5.91 Å². The minimum Gasteiger partial charge on any atom is -0.496 e. The Labute approximate surface area is 199 Å². The topological polar surface area (TPSA) is 80.8 Å². The Kier molecular flexibility index (Phi) is 6.90. The van der Waals surface area contributed by atoms with Crippen LogP contribution in [0.4, 0.5) is 13.2 Å². The third-order valence-corrected chi connectivity index (χ3v) is 5.57. The molecule has 0 aliphatic carbocycles. The summed E-state index contributed by atoms with van der Waals surface area (Å²) < 4.78 is 46.3. The van der Waals surface area contributed by atoms with Gasteiger partial charge in [0.05, 0.1) is 12.7 Å². The summed E-state index contributed by atoms with van der Waals surface area (Å²) in [6, 6.07) is 14.9. The van der Waals surface area contributed by atoms with E-state index in [9.17, 15) is 22.8 Å². The number of benzene rings is 2. The number of rotatable bonds is 8. The fourth-order valence-corrected chi connectivity index (χ4v) is 3.99. The summed E-state index contributed by atoms with van der Waals surface area (Å²) in [4.78, 5) is 32.3. The number of nitrogens with zero attached hydrogens (tertiary/aromatic N) is 2. The second kappa shape index (κ2) is 10.0. The minimum absolute atomic E-state index is 0.0587. The number of ether oxygens (including phenoxy) is 2. The Morgan fingerprint density at radius 1 is 1.09 bits per heavy atom. The molecule has 0 radical (unpaired) electrons. The largest absolute Gasteiger partial charge is 0.573 e. The van der Waals surface area contributed by atoms with Gasteiger partial charge < -0.3 is 19.7 Å². The molecule has 2 aromatic carbocycles. The van der Waals surface area contributed by atoms with Crippen molar-refractivity contribution in [2.24, 2.45) is 0 Å². The Morgan fingerprint density at radius 3 is 2.51 bits per heavy atom. The van der Waals surface area contributed by atoms with Crippen LogP contribution in [0.3, 0.4) is 0 Å². The second-order valence-corrected chi connectivity index (χ2v) is 7.81. The molecule has 0 bridgehead atoms. The van der Waals surface area contributed by atoms with Crippen molar-refractivity contribution >= 4 is 11.8 Å². The van der Waals surface area contributed by atoms with Crippen LogP contribution >= 0.6 is 0 Å². The quantitative estimate of drug-likeness (QED) is 0.521. The average molecular weight is 485 g/mol. The fraction of sp³-hybridized carbons (Fsp3) is 0.240. The summed E-state index contributed by atoms with van der Waals surface area (Å²) in [6.45, 7) is 0.318. The van der Waals surface area contributed by atoms with Crippen LogP contribution < -0.4 is 14.8 Å². The number of amides is 2. The van der Waals surface area contributed by atoms with E-state index in [1.54, 1.807) is 30.5 Å². The third-order valence-electron chi connectivity index (χ3n) is 5.57. The van der Waals surface area contributed by atoms with Crippen molar-refractivity contribution in [2.75, 3.05) is 13.7 Å². The highest BCUT2D eigenvalue weighted by molar-refractivity contribution is 6.06. The van der Waals surface area contributed by atoms with Crippen LogP contribution in [0.2, 0.25) is 0 Å². The lowest BCUT2D eigenvalue weighted by molar-refractivity contribution is -0.274. The molecule has 1 aliphatic heterocycles. The zero-order valence-corrected chi connectivity index (χ0v) is 18.7. The second-order valence-electron chi connectivity index (χ2n) is 7.81. The summed E-state index contributed by atoms with van der Waals surface area (Å²) in [7, 11) is 1.46. The Morgan fingerprint density at radius 2 is 1.86 bits per heavy atom. The van der Waals surface area contributed by atoms with Crippen molar-refractivity contribution in [3.05, 3.63) is 89.2 Å². The number of nitrogens with one attached hydrogen (secondary N) is 1. The van der Waals surface area contributed by atoms with Gasteiger partial charge in [-0.3, -0.25) is 14.6 Å². The maximum Gasteiger partial charge on any atom is 0.573 e. The van der Waals surface area contributed by atoms with Crippen molar-refractivity contribution in [1.29, 1.82) is 0 Å². The fourth-order valence-electron chi connectivity index (χ4n) is 3.99. The van der Waals surface area contributed by atoms with Crippen molar-refractivity contribution in [3.8, 4) is 11.5 Å². The van der Waals surface area contributed by atoms with E-state index in [-0.39, 0.29) is 24.7 Å². The molecule has 0 saturated heterocycles. The highest BCUT2D eigenvalue weighted by Gasteiger charge is 2.42. The predicted molar refractivity (Wildman–Crippen MR) is 120 cm³/mol. The lowest BCUT2D eigenvalue weighted by Crippen LogP contribution is -2.40. The molecule has 2 heterocycles. The molecule has 0 saturated carbocycles. The summed E-state index contributed by atoms with van der Waals surface area (Å²) in [6.07, 6.45) is -2.67. The van der Waals surface area contributed by atoms with Gasteiger partial charge in [-0.05, 0) is 35.9 Å². The van der Waals surface area contributed by atoms with Crippen LogP contribution in [0, 0.1) is 0 Å². The maximum atomic E-state index is 13.3. The first-order valence-corrected chi connectivity index (χ1v) is 10.8. The zero-order valence-electron chi connectivity index (χ0n) is 18.7. The Hall–Kier alpha value is -4.08. The number of carbonyl (C=O) groups excluding carboxylic acids is 2. The van der Waals surface area contributed by atoms with Gasteiger partial charge in [-0.25, -0.2) is 0 Å². The molecular formula is C25H22F3N3O4. The number of halogens is 3. The first kappa shape index (κ1) is 24.1. The molecule has 1 aliphatic rings. The smallest absolute Gasteiger partial charge is 0.496 e. The van der Waals surface area contributed by atoms with Crippen molar-refractivity contribution in [1.82, 2.24) is 15.2 Å². The average Bonchev–Trinajstić information content (AvgIpc) is 3.13. The van der Waals surface area contributed by atoms with E-state index in [1.807, 2.05) is 12.1 Å². The molecule has 2 amide bonds.